The first-order valence-corrected chi connectivity index (χ1v) is 2.30. The normalized spacial score (nSPS) is 6.88. The summed E-state index contributed by atoms with van der Waals surface area (Å²) in [7, 11) is 0. The molecule has 0 unspecified atom stereocenters. The van der Waals surface area contributed by atoms with Crippen LogP contribution in [-0.2, 0) is 4.79 Å². The van der Waals surface area contributed by atoms with Crippen molar-refractivity contribution in [3.63, 3.8) is 0 Å². The third-order valence-electron chi connectivity index (χ3n) is 0.183. The van der Waals surface area contributed by atoms with Crippen molar-refractivity contribution in [2.45, 2.75) is 20.3 Å². The van der Waals surface area contributed by atoms with Crippen molar-refractivity contribution in [1.82, 2.24) is 0 Å². The number of rotatable bonds is 1. The molecule has 0 aliphatic carbocycles. The molecule has 8 heavy (non-hydrogen) atoms. The molecule has 0 bridgehead atoms. The molecule has 0 spiro atoms. The largest absolute Gasteiger partial charge is 0.481 e. The number of aliphatic carboxylic acids is 1. The molecule has 0 aromatic carbocycles. The molecule has 1 radical (unpaired) electrons. The Kier molecular flexibility index (Phi) is 12.6. The number of carboxylic acids is 1. The standard InChI is InChI=1S/C3H7O.C2H4O2/c1-2-3-4;1-2(3)4/h3-4H,2H2,1H3;1H3,(H,3,4). The van der Waals surface area contributed by atoms with E-state index >= 15 is 0 Å². The van der Waals surface area contributed by atoms with E-state index in [1.165, 1.54) is 0 Å². The molecule has 0 aliphatic rings. The second kappa shape index (κ2) is 9.66. The lowest BCUT2D eigenvalue weighted by atomic mass is 10.5. The Hall–Kier alpha value is -0.570. The number of hydrogen-bond donors (Lipinski definition) is 2. The van der Waals surface area contributed by atoms with Crippen LogP contribution in [0.2, 0.25) is 0 Å². The van der Waals surface area contributed by atoms with E-state index in [-0.39, 0.29) is 0 Å². The zero-order valence-corrected chi connectivity index (χ0v) is 5.09. The topological polar surface area (TPSA) is 57.5 Å². The zero-order valence-electron chi connectivity index (χ0n) is 5.09. The van der Waals surface area contributed by atoms with E-state index in [2.05, 4.69) is 0 Å². The van der Waals surface area contributed by atoms with Gasteiger partial charge >= 0.3 is 0 Å². The maximum absolute atomic E-state index is 9.00. The van der Waals surface area contributed by atoms with E-state index in [0.29, 0.717) is 0 Å². The van der Waals surface area contributed by atoms with E-state index in [1.807, 2.05) is 6.92 Å². The molecular formula is C5H11O3. The Morgan fingerprint density at radius 2 is 1.88 bits per heavy atom. The summed E-state index contributed by atoms with van der Waals surface area (Å²) in [6.45, 7) is 4.08. The summed E-state index contributed by atoms with van der Waals surface area (Å²) in [5.74, 6) is -0.833. The quantitative estimate of drug-likeness (QED) is 0.541. The van der Waals surface area contributed by atoms with E-state index in [4.69, 9.17) is 15.0 Å². The lowest BCUT2D eigenvalue weighted by Crippen LogP contribution is -1.78. The van der Waals surface area contributed by atoms with Crippen LogP contribution in [0.5, 0.6) is 0 Å². The molecule has 0 aromatic rings. The van der Waals surface area contributed by atoms with Gasteiger partial charge in [-0.25, -0.2) is 0 Å². The number of aliphatic hydroxyl groups is 1. The highest BCUT2D eigenvalue weighted by Crippen LogP contribution is 1.69. The van der Waals surface area contributed by atoms with E-state index in [0.717, 1.165) is 20.0 Å². The molecule has 0 aliphatic heterocycles. The van der Waals surface area contributed by atoms with Gasteiger partial charge in [0.25, 0.3) is 5.97 Å². The summed E-state index contributed by atoms with van der Waals surface area (Å²) in [5, 5.41) is 15.2. The van der Waals surface area contributed by atoms with Crippen LogP contribution < -0.4 is 0 Å². The van der Waals surface area contributed by atoms with Crippen LogP contribution in [-0.4, -0.2) is 16.2 Å². The third-order valence-corrected chi connectivity index (χ3v) is 0.183. The monoisotopic (exact) mass is 119 g/mol. The van der Waals surface area contributed by atoms with Gasteiger partial charge in [0.05, 0.1) is 6.61 Å². The first-order chi connectivity index (χ1) is 3.65. The molecule has 0 fully saturated rings. The Labute approximate surface area is 49.0 Å². The van der Waals surface area contributed by atoms with Crippen LogP contribution in [0.4, 0.5) is 0 Å². The molecule has 0 amide bonds. The van der Waals surface area contributed by atoms with Gasteiger partial charge in [-0.3, -0.25) is 4.79 Å². The van der Waals surface area contributed by atoms with E-state index in [1.54, 1.807) is 0 Å². The zero-order chi connectivity index (χ0) is 6.99. The Morgan fingerprint density at radius 3 is 1.88 bits per heavy atom. The van der Waals surface area contributed by atoms with Gasteiger partial charge in [0.15, 0.2) is 0 Å². The van der Waals surface area contributed by atoms with Gasteiger partial charge in [0.2, 0.25) is 0 Å². The summed E-state index contributed by atoms with van der Waals surface area (Å²) in [6, 6.07) is 0. The maximum Gasteiger partial charge on any atom is 0.300 e. The Balaban J connectivity index is 0. The highest BCUT2D eigenvalue weighted by atomic mass is 16.4. The first-order valence-electron chi connectivity index (χ1n) is 2.30. The van der Waals surface area contributed by atoms with Crippen molar-refractivity contribution in [3.8, 4) is 0 Å². The van der Waals surface area contributed by atoms with Gasteiger partial charge in [0.1, 0.15) is 0 Å². The third kappa shape index (κ3) is 576. The van der Waals surface area contributed by atoms with Crippen molar-refractivity contribution < 1.29 is 15.0 Å². The minimum Gasteiger partial charge on any atom is -0.481 e. The Morgan fingerprint density at radius 1 is 1.75 bits per heavy atom. The first kappa shape index (κ1) is 10.4. The fraction of sp³-hybridized carbons (Fsp3) is 0.600. The van der Waals surface area contributed by atoms with Crippen molar-refractivity contribution >= 4 is 5.97 Å². The highest BCUT2D eigenvalue weighted by Gasteiger charge is 1.65. The van der Waals surface area contributed by atoms with E-state index < -0.39 is 5.97 Å². The fourth-order valence-corrected chi connectivity index (χ4v) is 0. The molecular weight excluding hydrogens is 108 g/mol. The molecule has 3 heteroatoms. The van der Waals surface area contributed by atoms with Crippen molar-refractivity contribution in [3.05, 3.63) is 6.61 Å². The van der Waals surface area contributed by atoms with Crippen LogP contribution in [0.15, 0.2) is 0 Å². The summed E-state index contributed by atoms with van der Waals surface area (Å²) >= 11 is 0. The Bertz CT molecular complexity index is 45.6. The molecule has 0 heterocycles. The van der Waals surface area contributed by atoms with Crippen molar-refractivity contribution in [2.24, 2.45) is 0 Å². The highest BCUT2D eigenvalue weighted by molar-refractivity contribution is 5.62. The SMILES string of the molecule is CC(=O)O.CC[CH]O. The number of carbonyl (C=O) groups is 1. The molecule has 0 aromatic heterocycles. The number of hydrogen-bond acceptors (Lipinski definition) is 2. The van der Waals surface area contributed by atoms with E-state index in [9.17, 15) is 0 Å². The predicted molar refractivity (Wildman–Crippen MR) is 29.8 cm³/mol. The smallest absolute Gasteiger partial charge is 0.300 e. The second-order valence-electron chi connectivity index (χ2n) is 1.11. The molecule has 0 atom stereocenters. The molecule has 3 nitrogen and oxygen atoms in total. The molecule has 0 rings (SSSR count). The molecule has 0 saturated carbocycles. The van der Waals surface area contributed by atoms with Crippen LogP contribution in [0.3, 0.4) is 0 Å². The summed E-state index contributed by atoms with van der Waals surface area (Å²) in [5.41, 5.74) is 0. The van der Waals surface area contributed by atoms with Gasteiger partial charge in [-0.05, 0) is 6.42 Å². The average molecular weight is 119 g/mol. The maximum atomic E-state index is 9.00. The lowest BCUT2D eigenvalue weighted by Gasteiger charge is -1.67. The lowest BCUT2D eigenvalue weighted by molar-refractivity contribution is -0.134. The fourth-order valence-electron chi connectivity index (χ4n) is 0. The summed E-state index contributed by atoms with van der Waals surface area (Å²) in [4.78, 5) is 9.00. The van der Waals surface area contributed by atoms with Crippen molar-refractivity contribution in [2.75, 3.05) is 0 Å². The van der Waals surface area contributed by atoms with Crippen molar-refractivity contribution in [1.29, 1.82) is 0 Å². The summed E-state index contributed by atoms with van der Waals surface area (Å²) < 4.78 is 0. The van der Waals surface area contributed by atoms with Gasteiger partial charge in [-0.15, -0.1) is 0 Å². The minimum absolute atomic E-state index is 0.750. The molecule has 2 N–H and O–H groups in total. The molecule has 49 valence electrons. The van der Waals surface area contributed by atoms with Crippen LogP contribution >= 0.6 is 0 Å². The number of aliphatic hydroxyl groups excluding tert-OH is 1. The minimum atomic E-state index is -0.833. The van der Waals surface area contributed by atoms with Gasteiger partial charge in [-0.1, -0.05) is 6.92 Å². The molecule has 0 saturated heterocycles. The van der Waals surface area contributed by atoms with Crippen LogP contribution in [0, 0.1) is 6.61 Å². The van der Waals surface area contributed by atoms with Crippen LogP contribution in [0.1, 0.15) is 20.3 Å². The van der Waals surface area contributed by atoms with Crippen LogP contribution in [0.25, 0.3) is 0 Å². The van der Waals surface area contributed by atoms with Gasteiger partial charge in [-0.2, -0.15) is 0 Å². The predicted octanol–water partition coefficient (Wildman–Crippen LogP) is 1.02. The van der Waals surface area contributed by atoms with Gasteiger partial charge in [0, 0.05) is 6.92 Å². The second-order valence-corrected chi connectivity index (χ2v) is 1.11. The summed E-state index contributed by atoms with van der Waals surface area (Å²) in [6.07, 6.45) is 0.750. The average Bonchev–Trinajstić information content (AvgIpc) is 1.65. The van der Waals surface area contributed by atoms with Gasteiger partial charge < -0.3 is 10.2 Å². The number of carboxylic acid groups (broad SMARTS) is 1.